The molecule has 35 heavy (non-hydrogen) atoms. The van der Waals surface area contributed by atoms with Crippen molar-refractivity contribution in [1.82, 2.24) is 29.8 Å². The maximum atomic E-state index is 13.5. The minimum absolute atomic E-state index is 0.00796. The second-order valence-electron chi connectivity index (χ2n) is 8.94. The molecule has 2 aliphatic heterocycles. The molecule has 186 valence electrons. The molecule has 0 unspecified atom stereocenters. The van der Waals surface area contributed by atoms with Crippen LogP contribution in [0.5, 0.6) is 0 Å². The van der Waals surface area contributed by atoms with Gasteiger partial charge in [-0.05, 0) is 32.0 Å². The highest BCUT2D eigenvalue weighted by atomic mass is 19.4. The Kier molecular flexibility index (Phi) is 5.82. The number of anilines is 3. The fourth-order valence-corrected chi connectivity index (χ4v) is 4.32. The molecule has 3 aromatic heterocycles. The number of H-pyrrole nitrogens is 1. The Morgan fingerprint density at radius 2 is 1.94 bits per heavy atom. The van der Waals surface area contributed by atoms with E-state index in [1.807, 2.05) is 13.1 Å². The van der Waals surface area contributed by atoms with Crippen molar-refractivity contribution in [1.29, 1.82) is 0 Å². The number of imidazole rings is 1. The number of hydrogen-bond acceptors (Lipinski definition) is 7. The van der Waals surface area contributed by atoms with E-state index in [1.165, 1.54) is 4.90 Å². The molecule has 0 aliphatic carbocycles. The predicted molar refractivity (Wildman–Crippen MR) is 118 cm³/mol. The Hall–Kier alpha value is -3.35. The third-order valence-electron chi connectivity index (χ3n) is 6.04. The molecule has 2 aliphatic rings. The molecule has 0 spiro atoms. The van der Waals surface area contributed by atoms with E-state index < -0.39 is 30.8 Å². The SMILES string of the molecule is Cc1nc(CN2CC[C@@H](c3cc(Nc4cc(C(F)(F)F)ccn4)nc(N4CC(F)(F)C4)n3)C2)c[nH]1. The lowest BCUT2D eigenvalue weighted by atomic mass is 10.0. The molecule has 0 aromatic carbocycles. The minimum Gasteiger partial charge on any atom is -0.348 e. The van der Waals surface area contributed by atoms with Gasteiger partial charge < -0.3 is 15.2 Å². The number of pyridine rings is 1. The van der Waals surface area contributed by atoms with Gasteiger partial charge >= 0.3 is 6.18 Å². The summed E-state index contributed by atoms with van der Waals surface area (Å²) >= 11 is 0. The molecule has 0 radical (unpaired) electrons. The van der Waals surface area contributed by atoms with Crippen LogP contribution in [-0.2, 0) is 12.7 Å². The number of nitrogens with one attached hydrogen (secondary N) is 2. The lowest BCUT2D eigenvalue weighted by Gasteiger charge is -2.38. The number of rotatable bonds is 6. The Bertz CT molecular complexity index is 1200. The fraction of sp³-hybridized carbons (Fsp3) is 0.455. The first-order chi connectivity index (χ1) is 16.5. The number of halogens is 5. The molecule has 1 atom stereocenters. The molecule has 0 saturated carbocycles. The van der Waals surface area contributed by atoms with Crippen LogP contribution < -0.4 is 10.2 Å². The van der Waals surface area contributed by atoms with E-state index in [-0.39, 0.29) is 23.5 Å². The van der Waals surface area contributed by atoms with Gasteiger partial charge in [0.15, 0.2) is 0 Å². The van der Waals surface area contributed by atoms with Gasteiger partial charge in [0.05, 0.1) is 30.0 Å². The summed E-state index contributed by atoms with van der Waals surface area (Å²) in [5.41, 5.74) is 0.708. The van der Waals surface area contributed by atoms with Gasteiger partial charge in [0.2, 0.25) is 5.95 Å². The summed E-state index contributed by atoms with van der Waals surface area (Å²) in [4.78, 5) is 23.8. The summed E-state index contributed by atoms with van der Waals surface area (Å²) in [6.07, 6.45) is -0.822. The second-order valence-corrected chi connectivity index (χ2v) is 8.94. The zero-order chi connectivity index (χ0) is 24.8. The Morgan fingerprint density at radius 1 is 1.14 bits per heavy atom. The highest BCUT2D eigenvalue weighted by Crippen LogP contribution is 2.35. The van der Waals surface area contributed by atoms with Crippen LogP contribution in [-0.4, -0.2) is 61.9 Å². The zero-order valence-electron chi connectivity index (χ0n) is 18.8. The van der Waals surface area contributed by atoms with Crippen molar-refractivity contribution in [2.75, 3.05) is 36.4 Å². The molecular formula is C22H23F5N8. The summed E-state index contributed by atoms with van der Waals surface area (Å²) < 4.78 is 66.3. The van der Waals surface area contributed by atoms with Crippen LogP contribution >= 0.6 is 0 Å². The lowest BCUT2D eigenvalue weighted by molar-refractivity contribution is -0.137. The lowest BCUT2D eigenvalue weighted by Crippen LogP contribution is -2.57. The van der Waals surface area contributed by atoms with Crippen molar-refractivity contribution in [2.24, 2.45) is 0 Å². The van der Waals surface area contributed by atoms with Crippen molar-refractivity contribution in [3.63, 3.8) is 0 Å². The number of aromatic amines is 1. The van der Waals surface area contributed by atoms with Crippen molar-refractivity contribution >= 4 is 17.6 Å². The van der Waals surface area contributed by atoms with Gasteiger partial charge in [-0.15, -0.1) is 0 Å². The van der Waals surface area contributed by atoms with E-state index in [0.717, 1.165) is 42.8 Å². The quantitative estimate of drug-likeness (QED) is 0.499. The number of aryl methyl sites for hydroxylation is 1. The zero-order valence-corrected chi connectivity index (χ0v) is 18.8. The molecule has 0 bridgehead atoms. The van der Waals surface area contributed by atoms with E-state index >= 15 is 0 Å². The third kappa shape index (κ3) is 5.34. The van der Waals surface area contributed by atoms with Gasteiger partial charge in [-0.2, -0.15) is 18.2 Å². The van der Waals surface area contributed by atoms with Crippen LogP contribution in [0.1, 0.15) is 35.1 Å². The van der Waals surface area contributed by atoms with Crippen LogP contribution in [0.4, 0.5) is 39.5 Å². The number of hydrogen-bond donors (Lipinski definition) is 2. The Labute approximate surface area is 197 Å². The van der Waals surface area contributed by atoms with E-state index in [2.05, 4.69) is 35.1 Å². The molecule has 2 N–H and O–H groups in total. The van der Waals surface area contributed by atoms with E-state index in [9.17, 15) is 22.0 Å². The van der Waals surface area contributed by atoms with Crippen molar-refractivity contribution in [3.05, 3.63) is 53.4 Å². The van der Waals surface area contributed by atoms with Crippen LogP contribution in [0.15, 0.2) is 30.6 Å². The van der Waals surface area contributed by atoms with Gasteiger partial charge in [0.1, 0.15) is 17.5 Å². The van der Waals surface area contributed by atoms with Gasteiger partial charge in [0, 0.05) is 37.5 Å². The predicted octanol–water partition coefficient (Wildman–Crippen LogP) is 4.11. The fourth-order valence-electron chi connectivity index (χ4n) is 4.32. The monoisotopic (exact) mass is 494 g/mol. The highest BCUT2D eigenvalue weighted by molar-refractivity contribution is 5.56. The molecule has 2 saturated heterocycles. The molecule has 8 nitrogen and oxygen atoms in total. The van der Waals surface area contributed by atoms with E-state index in [4.69, 9.17) is 0 Å². The molecule has 0 amide bonds. The van der Waals surface area contributed by atoms with Crippen LogP contribution in [0.2, 0.25) is 0 Å². The van der Waals surface area contributed by atoms with Gasteiger partial charge in [-0.1, -0.05) is 0 Å². The molecule has 5 heterocycles. The van der Waals surface area contributed by atoms with Crippen LogP contribution in [0, 0.1) is 6.92 Å². The number of alkyl halides is 5. The van der Waals surface area contributed by atoms with Gasteiger partial charge in [-0.25, -0.2) is 23.7 Å². The molecule has 13 heteroatoms. The normalized spacial score (nSPS) is 20.2. The topological polar surface area (TPSA) is 85.9 Å². The number of nitrogens with zero attached hydrogens (tertiary/aromatic N) is 6. The van der Waals surface area contributed by atoms with Crippen molar-refractivity contribution < 1.29 is 22.0 Å². The Balaban J connectivity index is 1.38. The molecule has 3 aromatic rings. The first-order valence-electron chi connectivity index (χ1n) is 11.1. The number of likely N-dealkylation sites (tertiary alicyclic amines) is 1. The van der Waals surface area contributed by atoms with Gasteiger partial charge in [-0.3, -0.25) is 4.90 Å². The van der Waals surface area contributed by atoms with Crippen LogP contribution in [0.3, 0.4) is 0 Å². The largest absolute Gasteiger partial charge is 0.416 e. The summed E-state index contributed by atoms with van der Waals surface area (Å²) in [5.74, 6) is -1.71. The smallest absolute Gasteiger partial charge is 0.348 e. The second kappa shape index (κ2) is 8.70. The average molecular weight is 494 g/mol. The molecule has 5 rings (SSSR count). The van der Waals surface area contributed by atoms with Gasteiger partial charge in [0.25, 0.3) is 5.92 Å². The highest BCUT2D eigenvalue weighted by Gasteiger charge is 2.45. The summed E-state index contributed by atoms with van der Waals surface area (Å²) in [6, 6.07) is 3.40. The Morgan fingerprint density at radius 3 is 2.63 bits per heavy atom. The van der Waals surface area contributed by atoms with E-state index in [0.29, 0.717) is 18.8 Å². The standard InChI is InChI=1S/C22H23F5N8/c1-13-29-8-16(30-13)10-34-5-3-14(9-34)17-7-19(33-20(31-17)35-11-21(23,24)12-35)32-18-6-15(2-4-28-18)22(25,26)27/h2,4,6-8,14H,3,5,9-12H2,1H3,(H,29,30)(H,28,31,32,33)/t14-/m1/s1. The third-order valence-corrected chi connectivity index (χ3v) is 6.04. The molecular weight excluding hydrogens is 471 g/mol. The average Bonchev–Trinajstić information content (AvgIpc) is 3.40. The van der Waals surface area contributed by atoms with Crippen LogP contribution in [0.25, 0.3) is 0 Å². The molecule has 2 fully saturated rings. The first kappa shape index (κ1) is 23.4. The minimum atomic E-state index is -4.52. The maximum Gasteiger partial charge on any atom is 0.416 e. The maximum absolute atomic E-state index is 13.5. The summed E-state index contributed by atoms with van der Waals surface area (Å²) in [7, 11) is 0. The van der Waals surface area contributed by atoms with Crippen molar-refractivity contribution in [3.8, 4) is 0 Å². The van der Waals surface area contributed by atoms with Crippen molar-refractivity contribution in [2.45, 2.75) is 37.9 Å². The first-order valence-corrected chi connectivity index (χ1v) is 11.1. The summed E-state index contributed by atoms with van der Waals surface area (Å²) in [5, 5.41) is 2.79. The van der Waals surface area contributed by atoms with E-state index in [1.54, 1.807) is 6.07 Å². The summed E-state index contributed by atoms with van der Waals surface area (Å²) in [6.45, 7) is 3.01. The number of aromatic nitrogens is 5.